The monoisotopic (exact) mass is 497 g/mol. The second-order valence-corrected chi connectivity index (χ2v) is 10.3. The van der Waals surface area contributed by atoms with Crippen LogP contribution >= 0.6 is 0 Å². The molecule has 36 heavy (non-hydrogen) atoms. The number of benzene rings is 2. The van der Waals surface area contributed by atoms with Gasteiger partial charge in [-0.1, -0.05) is 49.9 Å². The van der Waals surface area contributed by atoms with Crippen LogP contribution in [0, 0.1) is 17.7 Å². The minimum atomic E-state index is -0.270. The molecule has 2 N–H and O–H groups in total. The third-order valence-electron chi connectivity index (χ3n) is 7.95. The molecule has 6 nitrogen and oxygen atoms in total. The van der Waals surface area contributed by atoms with Crippen LogP contribution in [0.4, 0.5) is 10.1 Å². The molecule has 1 heterocycles. The number of phenolic OH excluding ortho intramolecular Hbond substituents is 1. The lowest BCUT2D eigenvalue weighted by Gasteiger charge is -2.37. The molecule has 1 aliphatic carbocycles. The van der Waals surface area contributed by atoms with Crippen LogP contribution in [-0.4, -0.2) is 68.4 Å². The molecular weight excluding hydrogens is 457 g/mol. The molecule has 1 unspecified atom stereocenters. The molecule has 2 aromatic carbocycles. The van der Waals surface area contributed by atoms with Gasteiger partial charge in [-0.2, -0.15) is 0 Å². The van der Waals surface area contributed by atoms with E-state index in [0.717, 1.165) is 50.7 Å². The molecule has 2 fully saturated rings. The molecule has 1 saturated heterocycles. The number of halogens is 1. The third-order valence-corrected chi connectivity index (χ3v) is 7.95. The molecule has 0 aromatic heterocycles. The molecule has 2 aromatic rings. The van der Waals surface area contributed by atoms with Gasteiger partial charge in [0.05, 0.1) is 17.4 Å². The van der Waals surface area contributed by atoms with E-state index in [-0.39, 0.29) is 23.6 Å². The standard InChI is InChI=1S/C29H40FN3O3/c1-36-24(21-31-29(35)25-6-2-5-9-28(25)34)20-23-12-10-22(11-13-23)14-15-32-16-18-33(19-17-32)27-8-4-3-7-26(27)30/h2-9,22-24,34H,10-21H2,1H3,(H,31,35). The van der Waals surface area contributed by atoms with E-state index in [1.165, 1.54) is 38.2 Å². The van der Waals surface area contributed by atoms with Gasteiger partial charge in [0.1, 0.15) is 11.6 Å². The molecule has 0 bridgehead atoms. The van der Waals surface area contributed by atoms with Gasteiger partial charge in [0.2, 0.25) is 0 Å². The van der Waals surface area contributed by atoms with Crippen molar-refractivity contribution < 1.29 is 19.0 Å². The number of carbonyl (C=O) groups is 1. The minimum absolute atomic E-state index is 0.00531. The topological polar surface area (TPSA) is 65.0 Å². The number of amides is 1. The SMILES string of the molecule is COC(CNC(=O)c1ccccc1O)CC1CCC(CCN2CCN(c3ccccc3F)CC2)CC1. The van der Waals surface area contributed by atoms with E-state index >= 15 is 0 Å². The summed E-state index contributed by atoms with van der Waals surface area (Å²) in [6.07, 6.45) is 7.07. The molecule has 1 aliphatic heterocycles. The fourth-order valence-electron chi connectivity index (χ4n) is 5.64. The maximum Gasteiger partial charge on any atom is 0.255 e. The number of hydrogen-bond donors (Lipinski definition) is 2. The number of piperazine rings is 1. The number of aromatic hydroxyl groups is 1. The second kappa shape index (κ2) is 13.1. The number of anilines is 1. The van der Waals surface area contributed by atoms with E-state index in [1.807, 2.05) is 12.1 Å². The van der Waals surface area contributed by atoms with Crippen molar-refractivity contribution in [3.63, 3.8) is 0 Å². The van der Waals surface area contributed by atoms with Crippen LogP contribution < -0.4 is 10.2 Å². The van der Waals surface area contributed by atoms with Crippen LogP contribution in [0.5, 0.6) is 5.75 Å². The fraction of sp³-hybridized carbons (Fsp3) is 0.552. The zero-order valence-electron chi connectivity index (χ0n) is 21.4. The van der Waals surface area contributed by atoms with Gasteiger partial charge in [-0.3, -0.25) is 9.69 Å². The van der Waals surface area contributed by atoms with Crippen LogP contribution in [0.2, 0.25) is 0 Å². The average molecular weight is 498 g/mol. The van der Waals surface area contributed by atoms with Crippen molar-refractivity contribution in [2.24, 2.45) is 11.8 Å². The summed E-state index contributed by atoms with van der Waals surface area (Å²) < 4.78 is 19.7. The lowest BCUT2D eigenvalue weighted by Crippen LogP contribution is -2.47. The molecule has 1 atom stereocenters. The van der Waals surface area contributed by atoms with Crippen molar-refractivity contribution in [3.05, 3.63) is 59.9 Å². The lowest BCUT2D eigenvalue weighted by atomic mass is 9.78. The van der Waals surface area contributed by atoms with Crippen LogP contribution in [0.15, 0.2) is 48.5 Å². The van der Waals surface area contributed by atoms with E-state index < -0.39 is 0 Å². The molecule has 4 rings (SSSR count). The molecule has 7 heteroatoms. The van der Waals surface area contributed by atoms with Gasteiger partial charge in [-0.15, -0.1) is 0 Å². The first-order valence-corrected chi connectivity index (χ1v) is 13.3. The van der Waals surface area contributed by atoms with Crippen LogP contribution in [0.25, 0.3) is 0 Å². The van der Waals surface area contributed by atoms with Gasteiger partial charge in [0.25, 0.3) is 5.91 Å². The van der Waals surface area contributed by atoms with Crippen molar-refractivity contribution >= 4 is 11.6 Å². The predicted octanol–water partition coefficient (Wildman–Crippen LogP) is 4.68. The number of ether oxygens (including phenoxy) is 1. The van der Waals surface area contributed by atoms with E-state index in [9.17, 15) is 14.3 Å². The van der Waals surface area contributed by atoms with Gasteiger partial charge in [0, 0.05) is 39.8 Å². The summed E-state index contributed by atoms with van der Waals surface area (Å²) in [5.41, 5.74) is 1.02. The molecule has 1 saturated carbocycles. The van der Waals surface area contributed by atoms with Gasteiger partial charge in [0.15, 0.2) is 0 Å². The fourth-order valence-corrected chi connectivity index (χ4v) is 5.64. The van der Waals surface area contributed by atoms with E-state index in [4.69, 9.17) is 4.74 Å². The lowest BCUT2D eigenvalue weighted by molar-refractivity contribution is 0.0637. The molecule has 0 radical (unpaired) electrons. The first kappa shape index (κ1) is 26.4. The Morgan fingerprint density at radius 2 is 1.69 bits per heavy atom. The number of para-hydroxylation sites is 2. The van der Waals surface area contributed by atoms with Crippen LogP contribution in [0.3, 0.4) is 0 Å². The van der Waals surface area contributed by atoms with Crippen molar-refractivity contribution in [2.45, 2.75) is 44.6 Å². The number of nitrogens with zero attached hydrogens (tertiary/aromatic N) is 2. The van der Waals surface area contributed by atoms with E-state index in [0.29, 0.717) is 18.0 Å². The second-order valence-electron chi connectivity index (χ2n) is 10.3. The van der Waals surface area contributed by atoms with Crippen molar-refractivity contribution in [1.29, 1.82) is 0 Å². The highest BCUT2D eigenvalue weighted by molar-refractivity contribution is 5.96. The zero-order valence-corrected chi connectivity index (χ0v) is 21.4. The molecule has 196 valence electrons. The minimum Gasteiger partial charge on any atom is -0.507 e. The number of rotatable bonds is 10. The zero-order chi connectivity index (χ0) is 25.3. The van der Waals surface area contributed by atoms with Crippen molar-refractivity contribution in [1.82, 2.24) is 10.2 Å². The summed E-state index contributed by atoms with van der Waals surface area (Å²) in [6, 6.07) is 13.7. The van der Waals surface area contributed by atoms with Gasteiger partial charge < -0.3 is 20.1 Å². The highest BCUT2D eigenvalue weighted by atomic mass is 19.1. The van der Waals surface area contributed by atoms with Crippen LogP contribution in [0.1, 0.15) is 48.9 Å². The quantitative estimate of drug-likeness (QED) is 0.499. The first-order valence-electron chi connectivity index (χ1n) is 13.3. The predicted molar refractivity (Wildman–Crippen MR) is 141 cm³/mol. The Bertz CT molecular complexity index is 972. The Morgan fingerprint density at radius 3 is 2.39 bits per heavy atom. The summed E-state index contributed by atoms with van der Waals surface area (Å²) in [7, 11) is 1.70. The van der Waals surface area contributed by atoms with E-state index in [1.54, 1.807) is 37.4 Å². The number of hydrogen-bond acceptors (Lipinski definition) is 5. The normalized spacial score (nSPS) is 21.8. The van der Waals surface area contributed by atoms with Crippen molar-refractivity contribution in [3.8, 4) is 5.75 Å². The summed E-state index contributed by atoms with van der Waals surface area (Å²) >= 11 is 0. The largest absolute Gasteiger partial charge is 0.507 e. The number of carbonyl (C=O) groups excluding carboxylic acids is 1. The number of nitrogens with one attached hydrogen (secondary N) is 1. The van der Waals surface area contributed by atoms with Gasteiger partial charge in [-0.05, 0) is 55.5 Å². The average Bonchev–Trinajstić information content (AvgIpc) is 2.91. The number of phenols is 1. The van der Waals surface area contributed by atoms with Crippen molar-refractivity contribution in [2.75, 3.05) is 51.3 Å². The van der Waals surface area contributed by atoms with Crippen LogP contribution in [-0.2, 0) is 4.74 Å². The Kier molecular flexibility index (Phi) is 9.59. The Hall–Kier alpha value is -2.64. The summed E-state index contributed by atoms with van der Waals surface area (Å²) in [4.78, 5) is 17.1. The summed E-state index contributed by atoms with van der Waals surface area (Å²) in [5, 5.41) is 12.8. The number of methoxy groups -OCH3 is 1. The Balaban J connectivity index is 1.12. The Labute approximate surface area is 214 Å². The Morgan fingerprint density at radius 1 is 1.03 bits per heavy atom. The molecule has 0 spiro atoms. The third kappa shape index (κ3) is 7.20. The first-order chi connectivity index (χ1) is 17.5. The molecular formula is C29H40FN3O3. The van der Waals surface area contributed by atoms with Gasteiger partial charge >= 0.3 is 0 Å². The smallest absolute Gasteiger partial charge is 0.255 e. The molecule has 1 amide bonds. The highest BCUT2D eigenvalue weighted by Crippen LogP contribution is 2.34. The summed E-state index contributed by atoms with van der Waals surface area (Å²) in [5.74, 6) is 0.990. The summed E-state index contributed by atoms with van der Waals surface area (Å²) in [6.45, 7) is 5.32. The maximum atomic E-state index is 14.1. The maximum absolute atomic E-state index is 14.1. The van der Waals surface area contributed by atoms with E-state index in [2.05, 4.69) is 15.1 Å². The van der Waals surface area contributed by atoms with Gasteiger partial charge in [-0.25, -0.2) is 4.39 Å². The highest BCUT2D eigenvalue weighted by Gasteiger charge is 2.26. The molecule has 2 aliphatic rings.